The van der Waals surface area contributed by atoms with Gasteiger partial charge in [0, 0.05) is 6.04 Å². The Labute approximate surface area is 183 Å². The molecule has 31 heavy (non-hydrogen) atoms. The van der Waals surface area contributed by atoms with Crippen molar-refractivity contribution in [2.45, 2.75) is 87.9 Å². The highest BCUT2D eigenvalue weighted by Crippen LogP contribution is 2.30. The summed E-state index contributed by atoms with van der Waals surface area (Å²) < 4.78 is 18.1. The number of urea groups is 1. The van der Waals surface area contributed by atoms with Gasteiger partial charge < -0.3 is 24.8 Å². The van der Waals surface area contributed by atoms with Crippen LogP contribution in [0.1, 0.15) is 50.5 Å². The summed E-state index contributed by atoms with van der Waals surface area (Å²) in [6, 6.07) is 8.39. The number of nitrogens with zero attached hydrogens (tertiary/aromatic N) is 2. The molecule has 2 heterocycles. The molecule has 4 aliphatic rings. The number of hydrogen-bond donors (Lipinski definition) is 2. The monoisotopic (exact) mass is 428 g/mol. The molecule has 2 aliphatic carbocycles. The maximum atomic E-state index is 12.4. The number of carbonyl (C=O) groups excluding carboxylic acids is 1. The van der Waals surface area contributed by atoms with Crippen LogP contribution in [0.3, 0.4) is 0 Å². The Bertz CT molecular complexity index is 794. The molecule has 0 bridgehead atoms. The van der Waals surface area contributed by atoms with Crippen LogP contribution in [0.25, 0.3) is 0 Å². The van der Waals surface area contributed by atoms with Crippen molar-refractivity contribution in [3.05, 3.63) is 29.8 Å². The van der Waals surface area contributed by atoms with Crippen LogP contribution in [-0.2, 0) is 16.0 Å². The lowest BCUT2D eigenvalue weighted by molar-refractivity contribution is 0.0303. The van der Waals surface area contributed by atoms with Crippen molar-refractivity contribution >= 4 is 6.03 Å². The fourth-order valence-electron chi connectivity index (χ4n) is 4.65. The zero-order valence-corrected chi connectivity index (χ0v) is 17.9. The molecule has 2 saturated heterocycles. The van der Waals surface area contributed by atoms with E-state index in [0.717, 1.165) is 37.0 Å². The summed E-state index contributed by atoms with van der Waals surface area (Å²) in [5.74, 6) is 0.781. The van der Waals surface area contributed by atoms with E-state index in [1.165, 1.54) is 19.3 Å². The third-order valence-corrected chi connectivity index (χ3v) is 6.50. The summed E-state index contributed by atoms with van der Waals surface area (Å²) >= 11 is 0. The van der Waals surface area contributed by atoms with E-state index in [0.29, 0.717) is 25.8 Å². The number of ether oxygens (including phenoxy) is 3. The second-order valence-corrected chi connectivity index (χ2v) is 9.11. The van der Waals surface area contributed by atoms with Crippen LogP contribution in [0.2, 0.25) is 0 Å². The lowest BCUT2D eigenvalue weighted by Gasteiger charge is -2.24. The highest BCUT2D eigenvalue weighted by Gasteiger charge is 2.49. The Morgan fingerprint density at radius 1 is 1.03 bits per heavy atom. The van der Waals surface area contributed by atoms with E-state index in [1.807, 2.05) is 24.3 Å². The average Bonchev–Trinajstić information content (AvgIpc) is 3.39. The van der Waals surface area contributed by atoms with E-state index in [4.69, 9.17) is 14.2 Å². The quantitative estimate of drug-likeness (QED) is 0.652. The molecule has 8 heteroatoms. The van der Waals surface area contributed by atoms with Crippen molar-refractivity contribution in [1.29, 1.82) is 0 Å². The molecule has 2 amide bonds. The molecule has 2 N–H and O–H groups in total. The van der Waals surface area contributed by atoms with E-state index in [1.54, 1.807) is 0 Å². The Balaban J connectivity index is 1.12. The Kier molecular flexibility index (Phi) is 6.36. The largest absolute Gasteiger partial charge is 0.485 e. The molecule has 1 aromatic carbocycles. The Morgan fingerprint density at radius 2 is 1.87 bits per heavy atom. The maximum Gasteiger partial charge on any atom is 0.315 e. The first kappa shape index (κ1) is 20.7. The molecule has 0 aromatic heterocycles. The third kappa shape index (κ3) is 5.36. The summed E-state index contributed by atoms with van der Waals surface area (Å²) in [4.78, 5) is 12.4. The minimum absolute atomic E-state index is 0.123. The molecule has 4 fully saturated rings. The van der Waals surface area contributed by atoms with Gasteiger partial charge >= 0.3 is 6.03 Å². The molecule has 0 radical (unpaired) electrons. The minimum atomic E-state index is -0.193. The molecule has 2 saturated carbocycles. The van der Waals surface area contributed by atoms with Gasteiger partial charge in [-0.05, 0) is 43.4 Å². The molecule has 168 valence electrons. The topological polar surface area (TPSA) is 93.5 Å². The van der Waals surface area contributed by atoms with Gasteiger partial charge in [-0.2, -0.15) is 10.2 Å². The van der Waals surface area contributed by atoms with Crippen molar-refractivity contribution < 1.29 is 19.0 Å². The van der Waals surface area contributed by atoms with Crippen LogP contribution in [0.5, 0.6) is 5.75 Å². The average molecular weight is 429 g/mol. The molecule has 8 nitrogen and oxygen atoms in total. The second kappa shape index (κ2) is 9.53. The summed E-state index contributed by atoms with van der Waals surface area (Å²) in [6.07, 6.45) is 7.54. The summed E-state index contributed by atoms with van der Waals surface area (Å²) in [6.45, 7) is 1.46. The van der Waals surface area contributed by atoms with E-state index in [9.17, 15) is 4.79 Å². The fraction of sp³-hybridized carbons (Fsp3) is 0.696. The number of benzene rings is 1. The third-order valence-electron chi connectivity index (χ3n) is 6.50. The minimum Gasteiger partial charge on any atom is -0.485 e. The predicted octanol–water partition coefficient (Wildman–Crippen LogP) is 3.35. The molecular formula is C23H32N4O4. The maximum absolute atomic E-state index is 12.4. The summed E-state index contributed by atoms with van der Waals surface area (Å²) in [5, 5.41) is 14.7. The first-order valence-corrected chi connectivity index (χ1v) is 11.7. The molecule has 0 unspecified atom stereocenters. The van der Waals surface area contributed by atoms with Gasteiger partial charge in [-0.25, -0.2) is 4.79 Å². The molecule has 5 rings (SSSR count). The van der Waals surface area contributed by atoms with Crippen LogP contribution in [0, 0.1) is 0 Å². The summed E-state index contributed by atoms with van der Waals surface area (Å²) in [7, 11) is 0. The van der Waals surface area contributed by atoms with Gasteiger partial charge in [0.15, 0.2) is 6.10 Å². The van der Waals surface area contributed by atoms with Crippen LogP contribution < -0.4 is 15.4 Å². The van der Waals surface area contributed by atoms with Crippen molar-refractivity contribution in [3.63, 3.8) is 0 Å². The predicted molar refractivity (Wildman–Crippen MR) is 114 cm³/mol. The first-order valence-electron chi connectivity index (χ1n) is 11.7. The first-order chi connectivity index (χ1) is 15.2. The number of hydrogen-bond acceptors (Lipinski definition) is 6. The number of fused-ring (bicyclic) bond motifs is 1. The van der Waals surface area contributed by atoms with Crippen LogP contribution in [0.15, 0.2) is 34.5 Å². The standard InChI is InChI=1S/C23H32N4O4/c28-23(25-16-6-2-1-3-7-16)26-19-13-29-22-20(14-30-21(19)22)31-18-8-4-5-15(11-18)12-24-27-17-9-10-17/h4-5,8,11,16-17,19-22H,1-3,6-7,9-10,12-14H2,(H2,25,26,28)/t19-,20-,21+,22+/m0/s1. The van der Waals surface area contributed by atoms with E-state index in [2.05, 4.69) is 20.9 Å². The van der Waals surface area contributed by atoms with Gasteiger partial charge in [-0.3, -0.25) is 0 Å². The van der Waals surface area contributed by atoms with E-state index >= 15 is 0 Å². The lowest BCUT2D eigenvalue weighted by Crippen LogP contribution is -2.51. The molecule has 0 spiro atoms. The van der Waals surface area contributed by atoms with Crippen LogP contribution in [-0.4, -0.2) is 55.7 Å². The normalized spacial score (nSPS) is 31.0. The van der Waals surface area contributed by atoms with Crippen molar-refractivity contribution in [1.82, 2.24) is 10.6 Å². The fourth-order valence-corrected chi connectivity index (χ4v) is 4.65. The van der Waals surface area contributed by atoms with Gasteiger partial charge in [0.25, 0.3) is 0 Å². The Hall–Kier alpha value is -2.19. The van der Waals surface area contributed by atoms with Gasteiger partial charge in [-0.1, -0.05) is 31.4 Å². The molecular weight excluding hydrogens is 396 g/mol. The Morgan fingerprint density at radius 3 is 2.71 bits per heavy atom. The highest BCUT2D eigenvalue weighted by atomic mass is 16.6. The zero-order chi connectivity index (χ0) is 21.0. The van der Waals surface area contributed by atoms with Crippen LogP contribution in [0.4, 0.5) is 4.79 Å². The van der Waals surface area contributed by atoms with E-state index < -0.39 is 0 Å². The number of carbonyl (C=O) groups is 1. The number of nitrogens with one attached hydrogen (secondary N) is 2. The highest BCUT2D eigenvalue weighted by molar-refractivity contribution is 5.74. The van der Waals surface area contributed by atoms with Gasteiger partial charge in [0.2, 0.25) is 0 Å². The van der Waals surface area contributed by atoms with Crippen molar-refractivity contribution in [2.24, 2.45) is 10.2 Å². The number of rotatable bonds is 7. The van der Waals surface area contributed by atoms with Crippen molar-refractivity contribution in [3.8, 4) is 5.75 Å². The molecule has 2 aliphatic heterocycles. The van der Waals surface area contributed by atoms with Gasteiger partial charge in [-0.15, -0.1) is 0 Å². The van der Waals surface area contributed by atoms with Gasteiger partial charge in [0.05, 0.1) is 31.8 Å². The van der Waals surface area contributed by atoms with E-state index in [-0.39, 0.29) is 36.4 Å². The molecule has 1 aromatic rings. The van der Waals surface area contributed by atoms with Crippen LogP contribution >= 0.6 is 0 Å². The smallest absolute Gasteiger partial charge is 0.315 e. The zero-order valence-electron chi connectivity index (χ0n) is 17.9. The number of azo groups is 1. The molecule has 4 atom stereocenters. The number of amides is 2. The second-order valence-electron chi connectivity index (χ2n) is 9.11. The SMILES string of the molecule is O=C(NC1CCCCC1)N[C@H]1CO[C@H]2[C@@H]1OC[C@@H]2Oc1cccc(CN=NC2CC2)c1. The lowest BCUT2D eigenvalue weighted by atomic mass is 9.96. The van der Waals surface area contributed by atoms with Crippen molar-refractivity contribution in [2.75, 3.05) is 13.2 Å². The summed E-state index contributed by atoms with van der Waals surface area (Å²) in [5.41, 5.74) is 1.07. The van der Waals surface area contributed by atoms with Gasteiger partial charge in [0.1, 0.15) is 18.0 Å².